The first-order valence-electron chi connectivity index (χ1n) is 12.8. The fourth-order valence-electron chi connectivity index (χ4n) is 4.09. The van der Waals surface area contributed by atoms with Crippen LogP contribution in [0.25, 0.3) is 10.9 Å². The molecule has 1 unspecified atom stereocenters. The Labute approximate surface area is 233 Å². The molecule has 1 aromatic heterocycles. The maximum absolute atomic E-state index is 12.8. The molecule has 0 aliphatic carbocycles. The minimum absolute atomic E-state index is 0.0605. The maximum Gasteiger partial charge on any atom is 0.277 e. The molecule has 1 amide bonds. The topological polar surface area (TPSA) is 154 Å². The van der Waals surface area contributed by atoms with Crippen LogP contribution in [0.1, 0.15) is 23.8 Å². The van der Waals surface area contributed by atoms with Crippen LogP contribution in [0.3, 0.4) is 0 Å². The van der Waals surface area contributed by atoms with Gasteiger partial charge in [0.1, 0.15) is 12.4 Å². The number of nitrogens with zero attached hydrogens (tertiary/aromatic N) is 3. The third-order valence-electron chi connectivity index (χ3n) is 6.39. The van der Waals surface area contributed by atoms with E-state index in [1.807, 2.05) is 18.2 Å². The van der Waals surface area contributed by atoms with E-state index in [9.17, 15) is 18.3 Å². The van der Waals surface area contributed by atoms with E-state index in [0.717, 1.165) is 16.6 Å². The van der Waals surface area contributed by atoms with Crippen LogP contribution in [0, 0.1) is 0 Å². The van der Waals surface area contributed by atoms with Crippen LogP contribution in [-0.4, -0.2) is 68.3 Å². The Balaban J connectivity index is 1.26. The van der Waals surface area contributed by atoms with E-state index in [1.54, 1.807) is 61.5 Å². The molecule has 4 rings (SSSR count). The number of aromatic nitrogens is 2. The zero-order chi connectivity index (χ0) is 28.7. The van der Waals surface area contributed by atoms with Crippen molar-refractivity contribution in [2.24, 2.45) is 5.84 Å². The van der Waals surface area contributed by atoms with Gasteiger partial charge in [-0.3, -0.25) is 9.89 Å². The lowest BCUT2D eigenvalue weighted by Gasteiger charge is -2.20. The number of aliphatic hydroxyl groups is 1. The quantitative estimate of drug-likeness (QED) is 0.109. The largest absolute Gasteiger partial charge is 0.492 e. The molecule has 11 nitrogen and oxygen atoms in total. The summed E-state index contributed by atoms with van der Waals surface area (Å²) in [5.41, 5.74) is 2.44. The number of hydrogen-bond acceptors (Lipinski definition) is 8. The third kappa shape index (κ3) is 6.96. The highest BCUT2D eigenvalue weighted by Crippen LogP contribution is 2.25. The Morgan fingerprint density at radius 1 is 1.10 bits per heavy atom. The van der Waals surface area contributed by atoms with Gasteiger partial charge in [0.2, 0.25) is 5.91 Å². The number of amides is 1. The van der Waals surface area contributed by atoms with Gasteiger partial charge in [-0.2, -0.15) is 13.5 Å². The summed E-state index contributed by atoms with van der Waals surface area (Å²) in [5.74, 6) is 6.67. The zero-order valence-corrected chi connectivity index (χ0v) is 23.3. The fourth-order valence-corrected chi connectivity index (χ4v) is 5.21. The standard InChI is InChI=1S/C28H34N6O5S/c1-33(2)28(36)14-13-25-24-12-11-22(18-26(24)32-31-25)39-16-15-30-19-27(35)20-7-6-8-21(17-20)34(29)40(37,38)23-9-4-3-5-10-23/h3-12,17-18,27,30,35H,13-16,19,29H2,1-2H3,(H,31,32). The Hall–Kier alpha value is -3.97. The highest BCUT2D eigenvalue weighted by atomic mass is 32.2. The van der Waals surface area contributed by atoms with Crippen LogP contribution >= 0.6 is 0 Å². The smallest absolute Gasteiger partial charge is 0.277 e. The number of sulfonamides is 1. The molecule has 0 bridgehead atoms. The minimum Gasteiger partial charge on any atom is -0.492 e. The Morgan fingerprint density at radius 3 is 2.62 bits per heavy atom. The SMILES string of the molecule is CN(C)C(=O)CCc1[nH]nc2cc(OCCNCC(O)c3cccc(N(N)S(=O)(=O)c4ccccc4)c3)ccc12. The summed E-state index contributed by atoms with van der Waals surface area (Å²) in [6.07, 6.45) is 0.0994. The Kier molecular flexibility index (Phi) is 9.38. The lowest BCUT2D eigenvalue weighted by molar-refractivity contribution is -0.128. The number of aromatic amines is 1. The number of hydrazine groups is 1. The molecule has 40 heavy (non-hydrogen) atoms. The van der Waals surface area contributed by atoms with E-state index in [1.165, 1.54) is 12.1 Å². The molecule has 1 heterocycles. The van der Waals surface area contributed by atoms with Crippen molar-refractivity contribution in [2.45, 2.75) is 23.8 Å². The van der Waals surface area contributed by atoms with Gasteiger partial charge < -0.3 is 20.1 Å². The molecule has 0 saturated heterocycles. The molecule has 12 heteroatoms. The number of hydrogen-bond donors (Lipinski definition) is 4. The van der Waals surface area contributed by atoms with E-state index in [-0.39, 0.29) is 23.0 Å². The second-order valence-corrected chi connectivity index (χ2v) is 11.3. The van der Waals surface area contributed by atoms with Gasteiger partial charge in [-0.05, 0) is 48.4 Å². The molecule has 5 N–H and O–H groups in total. The molecule has 4 aromatic rings. The number of aliphatic hydroxyl groups excluding tert-OH is 1. The normalized spacial score (nSPS) is 12.3. The molecule has 3 aromatic carbocycles. The lowest BCUT2D eigenvalue weighted by atomic mass is 10.1. The number of carbonyl (C=O) groups is 1. The number of ether oxygens (including phenoxy) is 1. The van der Waals surface area contributed by atoms with E-state index in [4.69, 9.17) is 10.6 Å². The van der Waals surface area contributed by atoms with Crippen molar-refractivity contribution >= 4 is 32.5 Å². The molecule has 0 spiro atoms. The third-order valence-corrected chi connectivity index (χ3v) is 7.98. The van der Waals surface area contributed by atoms with Crippen molar-refractivity contribution in [3.05, 3.63) is 84.1 Å². The van der Waals surface area contributed by atoms with Gasteiger partial charge in [-0.1, -0.05) is 30.3 Å². The number of nitrogens with two attached hydrogens (primary N) is 1. The van der Waals surface area contributed by atoms with Crippen molar-refractivity contribution in [1.29, 1.82) is 0 Å². The number of nitrogens with one attached hydrogen (secondary N) is 2. The predicted octanol–water partition coefficient (Wildman–Crippen LogP) is 2.35. The molecular weight excluding hydrogens is 532 g/mol. The summed E-state index contributed by atoms with van der Waals surface area (Å²) in [7, 11) is -0.458. The van der Waals surface area contributed by atoms with Crippen LogP contribution in [0.4, 0.5) is 5.69 Å². The highest BCUT2D eigenvalue weighted by molar-refractivity contribution is 7.92. The number of anilines is 1. The first-order chi connectivity index (χ1) is 19.2. The summed E-state index contributed by atoms with van der Waals surface area (Å²) in [4.78, 5) is 13.5. The summed E-state index contributed by atoms with van der Waals surface area (Å²) < 4.78 is 32.2. The summed E-state index contributed by atoms with van der Waals surface area (Å²) in [6, 6.07) is 20.0. The number of carbonyl (C=O) groups excluding carboxylic acids is 1. The number of fused-ring (bicyclic) bond motifs is 1. The van der Waals surface area contributed by atoms with Crippen molar-refractivity contribution in [3.8, 4) is 5.75 Å². The van der Waals surface area contributed by atoms with Gasteiger partial charge in [0.25, 0.3) is 10.0 Å². The van der Waals surface area contributed by atoms with Crippen LogP contribution in [0.2, 0.25) is 0 Å². The highest BCUT2D eigenvalue weighted by Gasteiger charge is 2.22. The van der Waals surface area contributed by atoms with E-state index in [0.29, 0.717) is 41.7 Å². The maximum atomic E-state index is 12.8. The molecule has 0 radical (unpaired) electrons. The molecule has 0 aliphatic heterocycles. The summed E-state index contributed by atoms with van der Waals surface area (Å²) >= 11 is 0. The van der Waals surface area contributed by atoms with E-state index >= 15 is 0 Å². The van der Waals surface area contributed by atoms with Crippen molar-refractivity contribution in [2.75, 3.05) is 38.2 Å². The van der Waals surface area contributed by atoms with Gasteiger partial charge in [-0.25, -0.2) is 10.3 Å². The lowest BCUT2D eigenvalue weighted by Crippen LogP contribution is -2.37. The first kappa shape index (κ1) is 29.0. The zero-order valence-electron chi connectivity index (χ0n) is 22.4. The van der Waals surface area contributed by atoms with Crippen molar-refractivity contribution < 1.29 is 23.1 Å². The van der Waals surface area contributed by atoms with Gasteiger partial charge in [0.05, 0.1) is 22.2 Å². The van der Waals surface area contributed by atoms with Crippen LogP contribution in [0.5, 0.6) is 5.75 Å². The molecule has 1 atom stereocenters. The minimum atomic E-state index is -3.93. The van der Waals surface area contributed by atoms with Gasteiger partial charge >= 0.3 is 0 Å². The van der Waals surface area contributed by atoms with Gasteiger partial charge in [0, 0.05) is 50.8 Å². The van der Waals surface area contributed by atoms with Crippen LogP contribution in [-0.2, 0) is 21.2 Å². The van der Waals surface area contributed by atoms with Crippen molar-refractivity contribution in [1.82, 2.24) is 20.4 Å². The molecule has 0 aliphatic rings. The monoisotopic (exact) mass is 566 g/mol. The summed E-state index contributed by atoms with van der Waals surface area (Å²) in [5, 5.41) is 22.1. The first-order valence-corrected chi connectivity index (χ1v) is 14.2. The number of aryl methyl sites for hydroxylation is 1. The van der Waals surface area contributed by atoms with E-state index in [2.05, 4.69) is 15.5 Å². The van der Waals surface area contributed by atoms with Gasteiger partial charge in [0.15, 0.2) is 0 Å². The van der Waals surface area contributed by atoms with Crippen LogP contribution < -0.4 is 20.3 Å². The predicted molar refractivity (Wildman–Crippen MR) is 153 cm³/mol. The average molecular weight is 567 g/mol. The molecular formula is C28H34N6O5S. The second-order valence-electron chi connectivity index (χ2n) is 9.45. The molecule has 212 valence electrons. The van der Waals surface area contributed by atoms with Gasteiger partial charge in [-0.15, -0.1) is 0 Å². The second kappa shape index (κ2) is 12.9. The number of benzene rings is 3. The number of H-pyrrole nitrogens is 1. The molecule has 0 saturated carbocycles. The fraction of sp³-hybridized carbons (Fsp3) is 0.286. The Morgan fingerprint density at radius 2 is 1.88 bits per heavy atom. The Bertz CT molecular complexity index is 1540. The van der Waals surface area contributed by atoms with Crippen molar-refractivity contribution in [3.63, 3.8) is 0 Å². The number of rotatable bonds is 13. The summed E-state index contributed by atoms with van der Waals surface area (Å²) in [6.45, 7) is 1.06. The van der Waals surface area contributed by atoms with E-state index < -0.39 is 16.1 Å². The average Bonchev–Trinajstić information content (AvgIpc) is 3.37. The van der Waals surface area contributed by atoms with Crippen LogP contribution in [0.15, 0.2) is 77.7 Å². The molecule has 0 fully saturated rings.